The normalized spacial score (nSPS) is 11.5. The number of hydrogen-bond donors (Lipinski definition) is 1. The smallest absolute Gasteiger partial charge is 0.0907 e. The van der Waals surface area contributed by atoms with Crippen LogP contribution in [0.25, 0.3) is 0 Å². The molecule has 0 fully saturated rings. The number of nitrogens with two attached hydrogens (primary N) is 1. The van der Waals surface area contributed by atoms with Crippen molar-refractivity contribution in [1.82, 2.24) is 0 Å². The number of thioether (sulfide) groups is 1. The van der Waals surface area contributed by atoms with Gasteiger partial charge in [-0.1, -0.05) is 91.0 Å². The van der Waals surface area contributed by atoms with Gasteiger partial charge in [-0.2, -0.15) is 0 Å². The quantitative estimate of drug-likeness (QED) is 0.349. The molecular weight excluding hydrogens is 378 g/mol. The lowest BCUT2D eigenvalue weighted by Crippen LogP contribution is -2.26. The van der Waals surface area contributed by atoms with Gasteiger partial charge in [-0.25, -0.2) is 0 Å². The van der Waals surface area contributed by atoms with Crippen molar-refractivity contribution in [3.05, 3.63) is 108 Å². The molecule has 29 heavy (non-hydrogen) atoms. The Morgan fingerprint density at radius 1 is 0.586 bits per heavy atom. The zero-order valence-corrected chi connectivity index (χ0v) is 17.5. The van der Waals surface area contributed by atoms with Crippen molar-refractivity contribution in [2.45, 2.75) is 4.75 Å². The number of hydrogen-bond acceptors (Lipinski definition) is 4. The van der Waals surface area contributed by atoms with Gasteiger partial charge >= 0.3 is 0 Å². The fraction of sp³-hybridized carbons (Fsp3) is 0.280. The summed E-state index contributed by atoms with van der Waals surface area (Å²) >= 11 is 1.91. The second-order valence-corrected chi connectivity index (χ2v) is 7.95. The zero-order valence-electron chi connectivity index (χ0n) is 16.7. The molecule has 0 heterocycles. The van der Waals surface area contributed by atoms with Crippen molar-refractivity contribution in [2.24, 2.45) is 5.73 Å². The molecule has 3 aromatic rings. The molecule has 0 aliphatic heterocycles. The fourth-order valence-electron chi connectivity index (χ4n) is 3.43. The highest BCUT2D eigenvalue weighted by Gasteiger charge is 2.36. The molecule has 0 aliphatic carbocycles. The van der Waals surface area contributed by atoms with Crippen LogP contribution in [-0.2, 0) is 14.2 Å². The van der Waals surface area contributed by atoms with Crippen molar-refractivity contribution in [2.75, 3.05) is 38.7 Å². The average Bonchev–Trinajstić information content (AvgIpc) is 2.80. The molecule has 152 valence electrons. The highest BCUT2D eigenvalue weighted by molar-refractivity contribution is 8.00. The van der Waals surface area contributed by atoms with E-state index in [-0.39, 0.29) is 4.75 Å². The zero-order chi connectivity index (χ0) is 20.2. The molecule has 4 heteroatoms. The van der Waals surface area contributed by atoms with E-state index in [0.29, 0.717) is 33.0 Å². The molecule has 0 aliphatic rings. The van der Waals surface area contributed by atoms with Gasteiger partial charge < -0.3 is 15.2 Å². The van der Waals surface area contributed by atoms with Gasteiger partial charge in [0.15, 0.2) is 0 Å². The van der Waals surface area contributed by atoms with Gasteiger partial charge in [-0.15, -0.1) is 11.8 Å². The number of benzene rings is 3. The van der Waals surface area contributed by atoms with Crippen LogP contribution in [-0.4, -0.2) is 38.7 Å². The summed E-state index contributed by atoms with van der Waals surface area (Å²) in [5.74, 6) is 0.871. The molecule has 0 atom stereocenters. The number of rotatable bonds is 12. The molecular formula is C25H29NO2S. The highest BCUT2D eigenvalue weighted by atomic mass is 32.2. The summed E-state index contributed by atoms with van der Waals surface area (Å²) in [7, 11) is 0. The maximum Gasteiger partial charge on any atom is 0.0907 e. The van der Waals surface area contributed by atoms with Crippen molar-refractivity contribution in [1.29, 1.82) is 0 Å². The van der Waals surface area contributed by atoms with E-state index in [0.717, 1.165) is 5.75 Å². The van der Waals surface area contributed by atoms with Gasteiger partial charge in [0.2, 0.25) is 0 Å². The van der Waals surface area contributed by atoms with Gasteiger partial charge in [0, 0.05) is 12.3 Å². The molecule has 0 unspecified atom stereocenters. The summed E-state index contributed by atoms with van der Waals surface area (Å²) in [6, 6.07) is 32.2. The minimum absolute atomic E-state index is 0.289. The Hall–Kier alpha value is -2.11. The summed E-state index contributed by atoms with van der Waals surface area (Å²) in [6.07, 6.45) is 0. The van der Waals surface area contributed by atoms with Crippen LogP contribution in [0.2, 0.25) is 0 Å². The van der Waals surface area contributed by atoms with Crippen molar-refractivity contribution < 1.29 is 9.47 Å². The average molecular weight is 408 g/mol. The first kappa shape index (κ1) is 21.6. The molecule has 0 saturated heterocycles. The second-order valence-electron chi connectivity index (χ2n) is 6.64. The van der Waals surface area contributed by atoms with E-state index in [1.807, 2.05) is 11.8 Å². The van der Waals surface area contributed by atoms with Crippen LogP contribution >= 0.6 is 11.8 Å². The lowest BCUT2D eigenvalue weighted by molar-refractivity contribution is 0.0570. The summed E-state index contributed by atoms with van der Waals surface area (Å²) < 4.78 is 10.9. The molecule has 3 aromatic carbocycles. The van der Waals surface area contributed by atoms with Crippen molar-refractivity contribution in [3.63, 3.8) is 0 Å². The van der Waals surface area contributed by atoms with E-state index < -0.39 is 0 Å². The van der Waals surface area contributed by atoms with Crippen molar-refractivity contribution >= 4 is 11.8 Å². The molecule has 3 nitrogen and oxygen atoms in total. The minimum Gasteiger partial charge on any atom is -0.378 e. The Kier molecular flexibility index (Phi) is 8.78. The van der Waals surface area contributed by atoms with Crippen LogP contribution in [0.4, 0.5) is 0 Å². The molecule has 2 N–H and O–H groups in total. The third-order valence-corrected chi connectivity index (χ3v) is 6.23. The maximum absolute atomic E-state index is 5.80. The predicted octanol–water partition coefficient (Wildman–Crippen LogP) is 4.70. The summed E-state index contributed by atoms with van der Waals surface area (Å²) in [5.41, 5.74) is 9.25. The first-order valence-corrected chi connectivity index (χ1v) is 11.0. The van der Waals surface area contributed by atoms with E-state index in [9.17, 15) is 0 Å². The first-order valence-electron chi connectivity index (χ1n) is 10.0. The predicted molar refractivity (Wildman–Crippen MR) is 122 cm³/mol. The Morgan fingerprint density at radius 2 is 1.00 bits per heavy atom. The fourth-order valence-corrected chi connectivity index (χ4v) is 4.84. The standard InChI is InChI=1S/C25H29NO2S/c26-16-17-27-18-19-28-20-21-29-25(22-10-4-1-5-11-22,23-12-6-2-7-13-23)24-14-8-3-9-15-24/h1-15H,16-21,26H2. The third kappa shape index (κ3) is 5.71. The van der Waals surface area contributed by atoms with Crippen LogP contribution in [0.3, 0.4) is 0 Å². The SMILES string of the molecule is NCCOCCOCCSC(c1ccccc1)(c1ccccc1)c1ccccc1. The van der Waals surface area contributed by atoms with E-state index in [1.165, 1.54) is 16.7 Å². The van der Waals surface area contributed by atoms with Crippen LogP contribution in [0, 0.1) is 0 Å². The van der Waals surface area contributed by atoms with Gasteiger partial charge in [0.05, 0.1) is 31.2 Å². The van der Waals surface area contributed by atoms with Gasteiger partial charge in [-0.05, 0) is 16.7 Å². The van der Waals surface area contributed by atoms with Gasteiger partial charge in [-0.3, -0.25) is 0 Å². The molecule has 0 aromatic heterocycles. The first-order chi connectivity index (χ1) is 14.4. The Balaban J connectivity index is 1.83. The van der Waals surface area contributed by atoms with E-state index in [2.05, 4.69) is 91.0 Å². The summed E-state index contributed by atoms with van der Waals surface area (Å²) in [4.78, 5) is 0. The Bertz CT molecular complexity index is 715. The summed E-state index contributed by atoms with van der Waals surface area (Å²) in [6.45, 7) is 2.98. The second kappa shape index (κ2) is 11.8. The lowest BCUT2D eigenvalue weighted by Gasteiger charge is -2.35. The molecule has 0 amide bonds. The largest absolute Gasteiger partial charge is 0.378 e. The van der Waals surface area contributed by atoms with Crippen LogP contribution < -0.4 is 5.73 Å². The van der Waals surface area contributed by atoms with Gasteiger partial charge in [0.25, 0.3) is 0 Å². The van der Waals surface area contributed by atoms with Crippen LogP contribution in [0.1, 0.15) is 16.7 Å². The van der Waals surface area contributed by atoms with E-state index in [1.54, 1.807) is 0 Å². The molecule has 3 rings (SSSR count). The third-order valence-electron chi connectivity index (χ3n) is 4.72. The van der Waals surface area contributed by atoms with E-state index in [4.69, 9.17) is 15.2 Å². The van der Waals surface area contributed by atoms with Crippen LogP contribution in [0.15, 0.2) is 91.0 Å². The maximum atomic E-state index is 5.80. The highest BCUT2D eigenvalue weighted by Crippen LogP contribution is 2.48. The summed E-state index contributed by atoms with van der Waals surface area (Å²) in [5, 5.41) is 0. The van der Waals surface area contributed by atoms with Crippen LogP contribution in [0.5, 0.6) is 0 Å². The minimum atomic E-state index is -0.289. The number of ether oxygens (including phenoxy) is 2. The van der Waals surface area contributed by atoms with E-state index >= 15 is 0 Å². The molecule has 0 bridgehead atoms. The molecule has 0 radical (unpaired) electrons. The lowest BCUT2D eigenvalue weighted by atomic mass is 9.84. The topological polar surface area (TPSA) is 44.5 Å². The van der Waals surface area contributed by atoms with Gasteiger partial charge in [0.1, 0.15) is 0 Å². The molecule has 0 saturated carbocycles. The van der Waals surface area contributed by atoms with Crippen molar-refractivity contribution in [3.8, 4) is 0 Å². The Morgan fingerprint density at radius 3 is 1.41 bits per heavy atom. The molecule has 0 spiro atoms. The Labute approximate surface area is 178 Å². The monoisotopic (exact) mass is 407 g/mol.